The van der Waals surface area contributed by atoms with Crippen LogP contribution in [0.15, 0.2) is 42.5 Å². The number of nitro benzene ring substituents is 1. The molecular formula is C16H15N3O5S. The molecule has 0 atom stereocenters. The minimum absolute atomic E-state index is 0.0314. The molecule has 0 aromatic heterocycles. The van der Waals surface area contributed by atoms with Gasteiger partial charge in [0, 0.05) is 12.1 Å². The van der Waals surface area contributed by atoms with Crippen LogP contribution in [-0.4, -0.2) is 28.2 Å². The molecule has 1 amide bonds. The Morgan fingerprint density at radius 2 is 1.96 bits per heavy atom. The van der Waals surface area contributed by atoms with E-state index in [1.165, 1.54) is 6.07 Å². The Balaban J connectivity index is 1.96. The van der Waals surface area contributed by atoms with Crippen molar-refractivity contribution in [3.05, 3.63) is 58.1 Å². The summed E-state index contributed by atoms with van der Waals surface area (Å²) in [6.07, 6.45) is 0.0900. The van der Waals surface area contributed by atoms with Gasteiger partial charge in [0.1, 0.15) is 11.5 Å². The normalized spacial score (nSPS) is 9.96. The number of carbonyl (C=O) groups excluding carboxylic acids is 1. The van der Waals surface area contributed by atoms with Crippen LogP contribution in [0.1, 0.15) is 5.56 Å². The van der Waals surface area contributed by atoms with Crippen molar-refractivity contribution in [3.8, 4) is 11.5 Å². The van der Waals surface area contributed by atoms with Crippen LogP contribution in [0.3, 0.4) is 0 Å². The van der Waals surface area contributed by atoms with Crippen LogP contribution in [0.25, 0.3) is 0 Å². The SMILES string of the molecule is COc1ccc(CC(=O)NC(=S)Nc2cc([N+](=O)[O-])ccc2O)cc1. The zero-order valence-corrected chi connectivity index (χ0v) is 14.0. The van der Waals surface area contributed by atoms with Crippen LogP contribution in [0.2, 0.25) is 0 Å². The van der Waals surface area contributed by atoms with E-state index < -0.39 is 4.92 Å². The van der Waals surface area contributed by atoms with Crippen LogP contribution >= 0.6 is 12.2 Å². The minimum atomic E-state index is -0.601. The largest absolute Gasteiger partial charge is 0.506 e. The third-order valence-electron chi connectivity index (χ3n) is 3.22. The smallest absolute Gasteiger partial charge is 0.271 e. The highest BCUT2D eigenvalue weighted by Gasteiger charge is 2.12. The van der Waals surface area contributed by atoms with Crippen molar-refractivity contribution in [3.63, 3.8) is 0 Å². The second-order valence-electron chi connectivity index (χ2n) is 4.99. The van der Waals surface area contributed by atoms with Crippen molar-refractivity contribution in [1.29, 1.82) is 0 Å². The van der Waals surface area contributed by atoms with E-state index in [0.29, 0.717) is 5.75 Å². The van der Waals surface area contributed by atoms with Gasteiger partial charge in [0.05, 0.1) is 24.1 Å². The Hall–Kier alpha value is -3.20. The van der Waals surface area contributed by atoms with Crippen LogP contribution < -0.4 is 15.4 Å². The molecule has 0 aliphatic carbocycles. The predicted octanol–water partition coefficient (Wildman–Crippen LogP) is 2.36. The van der Waals surface area contributed by atoms with Gasteiger partial charge in [-0.25, -0.2) is 0 Å². The number of nitrogens with one attached hydrogen (secondary N) is 2. The van der Waals surface area contributed by atoms with Crippen molar-refractivity contribution in [2.75, 3.05) is 12.4 Å². The number of ether oxygens (including phenoxy) is 1. The molecule has 0 aliphatic rings. The summed E-state index contributed by atoms with van der Waals surface area (Å²) in [4.78, 5) is 22.1. The predicted molar refractivity (Wildman–Crippen MR) is 95.8 cm³/mol. The van der Waals surface area contributed by atoms with Gasteiger partial charge in [-0.15, -0.1) is 0 Å². The van der Waals surface area contributed by atoms with Crippen LogP contribution in [0.5, 0.6) is 11.5 Å². The molecule has 2 aromatic carbocycles. The molecule has 2 rings (SSSR count). The number of nitrogens with zero attached hydrogens (tertiary/aromatic N) is 1. The second-order valence-corrected chi connectivity index (χ2v) is 5.39. The molecule has 0 saturated carbocycles. The van der Waals surface area contributed by atoms with Gasteiger partial charge in [0.25, 0.3) is 5.69 Å². The van der Waals surface area contributed by atoms with Gasteiger partial charge >= 0.3 is 0 Å². The van der Waals surface area contributed by atoms with Crippen molar-refractivity contribution >= 4 is 34.6 Å². The molecule has 0 fully saturated rings. The van der Waals surface area contributed by atoms with Crippen LogP contribution in [-0.2, 0) is 11.2 Å². The summed E-state index contributed by atoms with van der Waals surface area (Å²) in [5.41, 5.74) is 0.580. The molecule has 8 nitrogen and oxygen atoms in total. The van der Waals surface area contributed by atoms with E-state index in [1.54, 1.807) is 31.4 Å². The number of hydrogen-bond donors (Lipinski definition) is 3. The van der Waals surface area contributed by atoms with E-state index in [2.05, 4.69) is 10.6 Å². The van der Waals surface area contributed by atoms with E-state index in [4.69, 9.17) is 17.0 Å². The van der Waals surface area contributed by atoms with Crippen molar-refractivity contribution < 1.29 is 19.6 Å². The highest BCUT2D eigenvalue weighted by molar-refractivity contribution is 7.80. The number of non-ortho nitro benzene ring substituents is 1. The van der Waals surface area contributed by atoms with Crippen LogP contribution in [0, 0.1) is 10.1 Å². The number of nitro groups is 1. The van der Waals surface area contributed by atoms with Gasteiger partial charge in [0.15, 0.2) is 5.11 Å². The summed E-state index contributed by atoms with van der Waals surface area (Å²) in [6.45, 7) is 0. The number of carbonyl (C=O) groups is 1. The maximum Gasteiger partial charge on any atom is 0.271 e. The molecular weight excluding hydrogens is 346 g/mol. The summed E-state index contributed by atoms with van der Waals surface area (Å²) >= 11 is 4.99. The van der Waals surface area contributed by atoms with Gasteiger partial charge in [0.2, 0.25) is 5.91 Å². The molecule has 2 aromatic rings. The molecule has 0 unspecified atom stereocenters. The van der Waals surface area contributed by atoms with E-state index >= 15 is 0 Å². The first-order chi connectivity index (χ1) is 11.9. The number of anilines is 1. The number of methoxy groups -OCH3 is 1. The maximum atomic E-state index is 12.0. The van der Waals surface area contributed by atoms with Gasteiger partial charge in [-0.3, -0.25) is 14.9 Å². The fourth-order valence-corrected chi connectivity index (χ4v) is 2.21. The maximum absolute atomic E-state index is 12.0. The number of rotatable bonds is 5. The molecule has 3 N–H and O–H groups in total. The van der Waals surface area contributed by atoms with E-state index in [-0.39, 0.29) is 34.6 Å². The number of hydrogen-bond acceptors (Lipinski definition) is 6. The molecule has 0 aliphatic heterocycles. The van der Waals surface area contributed by atoms with Crippen molar-refractivity contribution in [2.45, 2.75) is 6.42 Å². The summed E-state index contributed by atoms with van der Waals surface area (Å²) in [5, 5.41) is 25.4. The molecule has 9 heteroatoms. The average molecular weight is 361 g/mol. The molecule has 0 radical (unpaired) electrons. The summed E-state index contributed by atoms with van der Waals surface area (Å²) in [7, 11) is 1.55. The first kappa shape index (κ1) is 18.1. The van der Waals surface area contributed by atoms with Gasteiger partial charge in [-0.05, 0) is 36.0 Å². The number of phenolic OH excluding ortho intramolecular Hbond substituents is 1. The lowest BCUT2D eigenvalue weighted by Crippen LogP contribution is -2.35. The Morgan fingerprint density at radius 1 is 1.28 bits per heavy atom. The third-order valence-corrected chi connectivity index (χ3v) is 3.42. The van der Waals surface area contributed by atoms with Gasteiger partial charge in [-0.1, -0.05) is 12.1 Å². The Labute approximate surface area is 148 Å². The minimum Gasteiger partial charge on any atom is -0.506 e. The Morgan fingerprint density at radius 3 is 2.56 bits per heavy atom. The topological polar surface area (TPSA) is 114 Å². The number of aromatic hydroxyl groups is 1. The first-order valence-corrected chi connectivity index (χ1v) is 7.51. The van der Waals surface area contributed by atoms with Crippen molar-refractivity contribution in [2.24, 2.45) is 0 Å². The Kier molecular flexibility index (Phi) is 5.85. The fourth-order valence-electron chi connectivity index (χ4n) is 1.99. The van der Waals surface area contributed by atoms with Gasteiger partial charge in [-0.2, -0.15) is 0 Å². The standard InChI is InChI=1S/C16H15N3O5S/c1-24-12-5-2-10(3-6-12)8-15(21)18-16(25)17-13-9-11(19(22)23)4-7-14(13)20/h2-7,9,20H,8H2,1H3,(H2,17,18,21,25). The Bertz CT molecular complexity index is 808. The highest BCUT2D eigenvalue weighted by atomic mass is 32.1. The zero-order chi connectivity index (χ0) is 18.4. The summed E-state index contributed by atoms with van der Waals surface area (Å²) in [6, 6.07) is 10.4. The summed E-state index contributed by atoms with van der Waals surface area (Å²) in [5.74, 6) is 0.0902. The van der Waals surface area contributed by atoms with Crippen molar-refractivity contribution in [1.82, 2.24) is 5.32 Å². The molecule has 130 valence electrons. The lowest BCUT2D eigenvalue weighted by molar-refractivity contribution is -0.384. The van der Waals surface area contributed by atoms with Crippen LogP contribution in [0.4, 0.5) is 11.4 Å². The molecule has 0 spiro atoms. The molecule has 0 saturated heterocycles. The quantitative estimate of drug-likeness (QED) is 0.324. The van der Waals surface area contributed by atoms with E-state index in [9.17, 15) is 20.0 Å². The zero-order valence-electron chi connectivity index (χ0n) is 13.2. The first-order valence-electron chi connectivity index (χ1n) is 7.10. The fraction of sp³-hybridized carbons (Fsp3) is 0.125. The number of phenols is 1. The number of thiocarbonyl (C=S) groups is 1. The second kappa shape index (κ2) is 8.06. The molecule has 0 bridgehead atoms. The molecule has 25 heavy (non-hydrogen) atoms. The average Bonchev–Trinajstić information content (AvgIpc) is 2.57. The third kappa shape index (κ3) is 5.15. The monoisotopic (exact) mass is 361 g/mol. The lowest BCUT2D eigenvalue weighted by Gasteiger charge is -2.11. The van der Waals surface area contributed by atoms with Gasteiger partial charge < -0.3 is 20.5 Å². The lowest BCUT2D eigenvalue weighted by atomic mass is 10.1. The van der Waals surface area contributed by atoms with E-state index in [1.807, 2.05) is 0 Å². The van der Waals surface area contributed by atoms with E-state index in [0.717, 1.165) is 17.7 Å². The highest BCUT2D eigenvalue weighted by Crippen LogP contribution is 2.27. The summed E-state index contributed by atoms with van der Waals surface area (Å²) < 4.78 is 5.04. The number of amides is 1. The molecule has 0 heterocycles. The number of benzene rings is 2.